The Labute approximate surface area is 147 Å². The first-order valence-electron chi connectivity index (χ1n) is 7.65. The maximum atomic E-state index is 13.7. The number of nitrogens with one attached hydrogen (secondary N) is 1. The Bertz CT molecular complexity index is 871. The standard InChI is InChI=1S/C18H14F3N3O2/c19-11-4-6-12(7-5-11)26-16-8-9-22-18(24-16)23-10-15(25)17-13(20)2-1-3-14(17)21/h1-9,15,25H,10H2,(H,22,23,24). The van der Waals surface area contributed by atoms with Gasteiger partial charge in [0.2, 0.25) is 11.8 Å². The molecule has 1 unspecified atom stereocenters. The molecule has 26 heavy (non-hydrogen) atoms. The fourth-order valence-corrected chi connectivity index (χ4v) is 2.23. The second-order valence-electron chi connectivity index (χ2n) is 5.31. The largest absolute Gasteiger partial charge is 0.439 e. The lowest BCUT2D eigenvalue weighted by Gasteiger charge is -2.14. The molecule has 5 nitrogen and oxygen atoms in total. The van der Waals surface area contributed by atoms with Crippen LogP contribution in [0.3, 0.4) is 0 Å². The van der Waals surface area contributed by atoms with Gasteiger partial charge in [0.25, 0.3) is 0 Å². The number of aliphatic hydroxyl groups is 1. The monoisotopic (exact) mass is 361 g/mol. The van der Waals surface area contributed by atoms with Crippen LogP contribution >= 0.6 is 0 Å². The molecule has 0 spiro atoms. The molecule has 0 radical (unpaired) electrons. The molecule has 134 valence electrons. The number of hydrogen-bond acceptors (Lipinski definition) is 5. The highest BCUT2D eigenvalue weighted by atomic mass is 19.1. The maximum absolute atomic E-state index is 13.7. The van der Waals surface area contributed by atoms with Crippen molar-refractivity contribution in [1.29, 1.82) is 0 Å². The zero-order valence-corrected chi connectivity index (χ0v) is 13.4. The van der Waals surface area contributed by atoms with Gasteiger partial charge in [0.1, 0.15) is 29.3 Å². The summed E-state index contributed by atoms with van der Waals surface area (Å²) in [5.74, 6) is -1.41. The second kappa shape index (κ2) is 7.83. The van der Waals surface area contributed by atoms with Crippen molar-refractivity contribution in [1.82, 2.24) is 9.97 Å². The van der Waals surface area contributed by atoms with Gasteiger partial charge in [0.15, 0.2) is 0 Å². The van der Waals surface area contributed by atoms with Crippen molar-refractivity contribution < 1.29 is 23.0 Å². The normalized spacial score (nSPS) is 11.8. The number of aliphatic hydroxyl groups excluding tert-OH is 1. The van der Waals surface area contributed by atoms with E-state index in [1.807, 2.05) is 0 Å². The Hall–Kier alpha value is -3.13. The molecule has 1 aromatic heterocycles. The molecule has 0 aliphatic carbocycles. The number of nitrogens with zero attached hydrogens (tertiary/aromatic N) is 2. The van der Waals surface area contributed by atoms with Gasteiger partial charge in [-0.2, -0.15) is 4.98 Å². The first-order chi connectivity index (χ1) is 12.5. The number of aromatic nitrogens is 2. The van der Waals surface area contributed by atoms with Gasteiger partial charge in [0.05, 0.1) is 5.56 Å². The third-order valence-corrected chi connectivity index (χ3v) is 3.45. The summed E-state index contributed by atoms with van der Waals surface area (Å²) >= 11 is 0. The summed E-state index contributed by atoms with van der Waals surface area (Å²) in [6, 6.07) is 10.2. The summed E-state index contributed by atoms with van der Waals surface area (Å²) in [6.45, 7) is -0.210. The SMILES string of the molecule is OC(CNc1nccc(Oc2ccc(F)cc2)n1)c1c(F)cccc1F. The summed E-state index contributed by atoms with van der Waals surface area (Å²) in [7, 11) is 0. The predicted molar refractivity (Wildman–Crippen MR) is 88.3 cm³/mol. The average molecular weight is 361 g/mol. The van der Waals surface area contributed by atoms with E-state index in [0.717, 1.165) is 12.1 Å². The van der Waals surface area contributed by atoms with Crippen molar-refractivity contribution >= 4 is 5.95 Å². The van der Waals surface area contributed by atoms with E-state index in [0.29, 0.717) is 5.75 Å². The Kier molecular flexibility index (Phi) is 5.33. The van der Waals surface area contributed by atoms with E-state index >= 15 is 0 Å². The molecule has 0 aliphatic rings. The van der Waals surface area contributed by atoms with Crippen LogP contribution in [0.5, 0.6) is 11.6 Å². The second-order valence-corrected chi connectivity index (χ2v) is 5.31. The molecule has 0 amide bonds. The fourth-order valence-electron chi connectivity index (χ4n) is 2.23. The lowest BCUT2D eigenvalue weighted by Crippen LogP contribution is -2.16. The lowest BCUT2D eigenvalue weighted by molar-refractivity contribution is 0.181. The number of hydrogen-bond donors (Lipinski definition) is 2. The summed E-state index contributed by atoms with van der Waals surface area (Å²) in [6.07, 6.45) is -0.0222. The topological polar surface area (TPSA) is 67.3 Å². The van der Waals surface area contributed by atoms with Crippen LogP contribution in [0.4, 0.5) is 19.1 Å². The van der Waals surface area contributed by atoms with Crippen LogP contribution in [-0.2, 0) is 0 Å². The van der Waals surface area contributed by atoms with E-state index in [4.69, 9.17) is 4.74 Å². The average Bonchev–Trinajstić information content (AvgIpc) is 2.62. The molecular weight excluding hydrogens is 347 g/mol. The molecule has 0 bridgehead atoms. The first-order valence-corrected chi connectivity index (χ1v) is 7.65. The molecule has 0 aliphatic heterocycles. The lowest BCUT2D eigenvalue weighted by atomic mass is 10.1. The van der Waals surface area contributed by atoms with Crippen LogP contribution in [0.2, 0.25) is 0 Å². The van der Waals surface area contributed by atoms with Gasteiger partial charge >= 0.3 is 0 Å². The molecule has 3 rings (SSSR count). The van der Waals surface area contributed by atoms with E-state index in [2.05, 4.69) is 15.3 Å². The highest BCUT2D eigenvalue weighted by Gasteiger charge is 2.17. The van der Waals surface area contributed by atoms with Crippen LogP contribution in [-0.4, -0.2) is 21.6 Å². The van der Waals surface area contributed by atoms with Crippen molar-refractivity contribution in [3.63, 3.8) is 0 Å². The molecule has 0 saturated heterocycles. The van der Waals surface area contributed by atoms with E-state index in [-0.39, 0.29) is 18.4 Å². The zero-order valence-electron chi connectivity index (χ0n) is 13.4. The maximum Gasteiger partial charge on any atom is 0.226 e. The zero-order chi connectivity index (χ0) is 18.5. The van der Waals surface area contributed by atoms with Crippen LogP contribution in [0.25, 0.3) is 0 Å². The number of benzene rings is 2. The first kappa shape index (κ1) is 17.7. The third kappa shape index (κ3) is 4.28. The molecular formula is C18H14F3N3O2. The van der Waals surface area contributed by atoms with E-state index in [1.165, 1.54) is 42.6 Å². The van der Waals surface area contributed by atoms with Gasteiger partial charge in [0, 0.05) is 18.8 Å². The van der Waals surface area contributed by atoms with Crippen LogP contribution < -0.4 is 10.1 Å². The third-order valence-electron chi connectivity index (χ3n) is 3.45. The van der Waals surface area contributed by atoms with Crippen molar-refractivity contribution in [2.24, 2.45) is 0 Å². The number of ether oxygens (including phenoxy) is 1. The minimum Gasteiger partial charge on any atom is -0.439 e. The number of anilines is 1. The molecule has 0 saturated carbocycles. The highest BCUT2D eigenvalue weighted by molar-refractivity contribution is 5.32. The van der Waals surface area contributed by atoms with Gasteiger partial charge in [-0.15, -0.1) is 0 Å². The Balaban J connectivity index is 1.66. The van der Waals surface area contributed by atoms with E-state index in [1.54, 1.807) is 0 Å². The quantitative estimate of drug-likeness (QED) is 0.698. The van der Waals surface area contributed by atoms with Gasteiger partial charge in [-0.3, -0.25) is 0 Å². The van der Waals surface area contributed by atoms with Crippen molar-refractivity contribution in [2.75, 3.05) is 11.9 Å². The van der Waals surface area contributed by atoms with Crippen molar-refractivity contribution in [2.45, 2.75) is 6.10 Å². The fraction of sp³-hybridized carbons (Fsp3) is 0.111. The Morgan fingerprint density at radius 1 is 1.00 bits per heavy atom. The van der Waals surface area contributed by atoms with Crippen molar-refractivity contribution in [3.05, 3.63) is 77.7 Å². The molecule has 3 aromatic rings. The van der Waals surface area contributed by atoms with Crippen LogP contribution in [0.15, 0.2) is 54.7 Å². The Morgan fingerprint density at radius 2 is 1.69 bits per heavy atom. The minimum absolute atomic E-state index is 0.0976. The molecule has 1 heterocycles. The van der Waals surface area contributed by atoms with Gasteiger partial charge in [-0.25, -0.2) is 18.2 Å². The molecule has 1 atom stereocenters. The highest BCUT2D eigenvalue weighted by Crippen LogP contribution is 2.22. The number of rotatable bonds is 6. The van der Waals surface area contributed by atoms with Crippen LogP contribution in [0, 0.1) is 17.5 Å². The summed E-state index contributed by atoms with van der Waals surface area (Å²) in [5.41, 5.74) is -0.432. The van der Waals surface area contributed by atoms with Crippen LogP contribution in [0.1, 0.15) is 11.7 Å². The Morgan fingerprint density at radius 3 is 2.38 bits per heavy atom. The molecule has 2 N–H and O–H groups in total. The summed E-state index contributed by atoms with van der Waals surface area (Å²) < 4.78 is 45.7. The summed E-state index contributed by atoms with van der Waals surface area (Å²) in [4.78, 5) is 8.01. The minimum atomic E-state index is -1.43. The van der Waals surface area contributed by atoms with E-state index in [9.17, 15) is 18.3 Å². The summed E-state index contributed by atoms with van der Waals surface area (Å²) in [5, 5.41) is 12.7. The van der Waals surface area contributed by atoms with Gasteiger partial charge in [-0.05, 0) is 36.4 Å². The van der Waals surface area contributed by atoms with E-state index < -0.39 is 29.1 Å². The van der Waals surface area contributed by atoms with Gasteiger partial charge < -0.3 is 15.2 Å². The number of halogens is 3. The predicted octanol–water partition coefficient (Wildman–Crippen LogP) is 3.83. The van der Waals surface area contributed by atoms with Gasteiger partial charge in [-0.1, -0.05) is 6.07 Å². The molecule has 8 heteroatoms. The smallest absolute Gasteiger partial charge is 0.226 e. The van der Waals surface area contributed by atoms with Crippen molar-refractivity contribution in [3.8, 4) is 11.6 Å². The molecule has 0 fully saturated rings. The molecule has 2 aromatic carbocycles.